The minimum atomic E-state index is -0.490. The number of aromatic nitrogens is 1. The van der Waals surface area contributed by atoms with Crippen LogP contribution in [0.3, 0.4) is 0 Å². The van der Waals surface area contributed by atoms with E-state index in [1.165, 1.54) is 5.56 Å². The number of carbonyl (C=O) groups is 1. The van der Waals surface area contributed by atoms with Gasteiger partial charge in [0, 0.05) is 0 Å². The number of nitrogen functional groups attached to an aromatic ring is 1. The van der Waals surface area contributed by atoms with Crippen molar-refractivity contribution in [1.82, 2.24) is 4.98 Å². The fourth-order valence-electron chi connectivity index (χ4n) is 3.03. The number of hydrogen-bond acceptors (Lipinski definition) is 3. The monoisotopic (exact) mass is 317 g/mol. The SMILES string of the molecule is CC1(C(=O)Nc2ccc(N)nc2)CCCc2ccccc21.Cl. The Labute approximate surface area is 136 Å². The number of fused-ring (bicyclic) bond motifs is 1. The van der Waals surface area contributed by atoms with Crippen molar-refractivity contribution in [3.05, 3.63) is 53.7 Å². The molecule has 0 radical (unpaired) electrons. The van der Waals surface area contributed by atoms with Gasteiger partial charge in [-0.05, 0) is 49.4 Å². The van der Waals surface area contributed by atoms with Gasteiger partial charge in [0.05, 0.1) is 17.3 Å². The first-order valence-electron chi connectivity index (χ1n) is 7.21. The lowest BCUT2D eigenvalue weighted by atomic mass is 9.70. The fourth-order valence-corrected chi connectivity index (χ4v) is 3.03. The molecule has 1 aliphatic rings. The molecule has 22 heavy (non-hydrogen) atoms. The van der Waals surface area contributed by atoms with Gasteiger partial charge in [0.2, 0.25) is 5.91 Å². The van der Waals surface area contributed by atoms with Gasteiger partial charge in [-0.25, -0.2) is 4.98 Å². The number of carbonyl (C=O) groups excluding carboxylic acids is 1. The molecule has 0 spiro atoms. The van der Waals surface area contributed by atoms with Crippen LogP contribution in [0.2, 0.25) is 0 Å². The van der Waals surface area contributed by atoms with Crippen LogP contribution < -0.4 is 11.1 Å². The molecule has 2 aromatic rings. The molecule has 5 heteroatoms. The van der Waals surface area contributed by atoms with E-state index in [1.807, 2.05) is 19.1 Å². The van der Waals surface area contributed by atoms with E-state index < -0.39 is 5.41 Å². The maximum absolute atomic E-state index is 12.8. The molecule has 0 fully saturated rings. The third-order valence-corrected chi connectivity index (χ3v) is 4.28. The highest BCUT2D eigenvalue weighted by atomic mass is 35.5. The number of aryl methyl sites for hydroxylation is 1. The zero-order chi connectivity index (χ0) is 14.9. The zero-order valence-electron chi connectivity index (χ0n) is 12.5. The number of pyridine rings is 1. The average Bonchev–Trinajstić information content (AvgIpc) is 2.50. The average molecular weight is 318 g/mol. The van der Waals surface area contributed by atoms with Crippen molar-refractivity contribution in [2.45, 2.75) is 31.6 Å². The molecule has 0 saturated carbocycles. The molecule has 1 amide bonds. The summed E-state index contributed by atoms with van der Waals surface area (Å²) < 4.78 is 0. The number of hydrogen-bond donors (Lipinski definition) is 2. The topological polar surface area (TPSA) is 68.0 Å². The predicted octanol–water partition coefficient (Wildman–Crippen LogP) is 3.32. The second-order valence-electron chi connectivity index (χ2n) is 5.77. The van der Waals surface area contributed by atoms with Gasteiger partial charge in [-0.1, -0.05) is 24.3 Å². The first-order valence-corrected chi connectivity index (χ1v) is 7.21. The van der Waals surface area contributed by atoms with Crippen molar-refractivity contribution in [1.29, 1.82) is 0 Å². The summed E-state index contributed by atoms with van der Waals surface area (Å²) in [5, 5.41) is 2.96. The highest BCUT2D eigenvalue weighted by molar-refractivity contribution is 5.99. The van der Waals surface area contributed by atoms with Crippen LogP contribution in [0.1, 0.15) is 30.9 Å². The smallest absolute Gasteiger partial charge is 0.234 e. The van der Waals surface area contributed by atoms with Crippen LogP contribution in [0, 0.1) is 0 Å². The number of rotatable bonds is 2. The molecule has 1 aliphatic carbocycles. The number of nitrogens with zero attached hydrogens (tertiary/aromatic N) is 1. The molecule has 4 nitrogen and oxygen atoms in total. The number of nitrogens with one attached hydrogen (secondary N) is 1. The summed E-state index contributed by atoms with van der Waals surface area (Å²) in [6.07, 6.45) is 4.52. The second kappa shape index (κ2) is 6.36. The van der Waals surface area contributed by atoms with Crippen molar-refractivity contribution in [2.75, 3.05) is 11.1 Å². The Kier molecular flexibility index (Phi) is 4.71. The second-order valence-corrected chi connectivity index (χ2v) is 5.77. The lowest BCUT2D eigenvalue weighted by molar-refractivity contribution is -0.121. The Hall–Kier alpha value is -2.07. The van der Waals surface area contributed by atoms with Crippen LogP contribution in [0.4, 0.5) is 11.5 Å². The molecular formula is C17H20ClN3O. The van der Waals surface area contributed by atoms with E-state index in [-0.39, 0.29) is 18.3 Å². The van der Waals surface area contributed by atoms with E-state index in [4.69, 9.17) is 5.73 Å². The lowest BCUT2D eigenvalue weighted by Gasteiger charge is -2.34. The minimum Gasteiger partial charge on any atom is -0.384 e. The van der Waals surface area contributed by atoms with Gasteiger partial charge in [-0.2, -0.15) is 0 Å². The van der Waals surface area contributed by atoms with Crippen molar-refractivity contribution in [3.8, 4) is 0 Å². The highest BCUT2D eigenvalue weighted by Gasteiger charge is 2.38. The Balaban J connectivity index is 0.00000176. The zero-order valence-corrected chi connectivity index (χ0v) is 13.3. The molecule has 0 bridgehead atoms. The van der Waals surface area contributed by atoms with Gasteiger partial charge in [-0.15, -0.1) is 12.4 Å². The molecular weight excluding hydrogens is 298 g/mol. The normalized spacial score (nSPS) is 19.7. The molecule has 3 rings (SSSR count). The van der Waals surface area contributed by atoms with E-state index >= 15 is 0 Å². The van der Waals surface area contributed by atoms with Crippen molar-refractivity contribution in [2.24, 2.45) is 0 Å². The maximum Gasteiger partial charge on any atom is 0.234 e. The molecule has 116 valence electrons. The van der Waals surface area contributed by atoms with Gasteiger partial charge in [0.15, 0.2) is 0 Å². The molecule has 3 N–H and O–H groups in total. The fraction of sp³-hybridized carbons (Fsp3) is 0.294. The van der Waals surface area contributed by atoms with E-state index in [0.29, 0.717) is 11.5 Å². The molecule has 1 heterocycles. The van der Waals surface area contributed by atoms with E-state index in [1.54, 1.807) is 18.3 Å². The van der Waals surface area contributed by atoms with Gasteiger partial charge in [-0.3, -0.25) is 4.79 Å². The van der Waals surface area contributed by atoms with Gasteiger partial charge >= 0.3 is 0 Å². The third-order valence-electron chi connectivity index (χ3n) is 4.28. The van der Waals surface area contributed by atoms with Crippen LogP contribution in [-0.2, 0) is 16.6 Å². The standard InChI is InChI=1S/C17H19N3O.ClH/c1-17(10-4-6-12-5-2-3-7-14(12)17)16(21)20-13-8-9-15(18)19-11-13;/h2-3,5,7-9,11H,4,6,10H2,1H3,(H2,18,19)(H,20,21);1H. The van der Waals surface area contributed by atoms with E-state index in [2.05, 4.69) is 22.4 Å². The highest BCUT2D eigenvalue weighted by Crippen LogP contribution is 2.37. The summed E-state index contributed by atoms with van der Waals surface area (Å²) in [7, 11) is 0. The van der Waals surface area contributed by atoms with Crippen molar-refractivity contribution in [3.63, 3.8) is 0 Å². The summed E-state index contributed by atoms with van der Waals surface area (Å²) >= 11 is 0. The summed E-state index contributed by atoms with van der Waals surface area (Å²) in [6, 6.07) is 11.7. The van der Waals surface area contributed by atoms with Crippen molar-refractivity contribution >= 4 is 29.8 Å². The summed E-state index contributed by atoms with van der Waals surface area (Å²) in [4.78, 5) is 16.8. The molecule has 1 atom stereocenters. The summed E-state index contributed by atoms with van der Waals surface area (Å²) in [6.45, 7) is 2.02. The van der Waals surface area contributed by atoms with Gasteiger partial charge in [0.25, 0.3) is 0 Å². The Morgan fingerprint density at radius 3 is 2.77 bits per heavy atom. The number of anilines is 2. The van der Waals surface area contributed by atoms with Crippen LogP contribution in [0.15, 0.2) is 42.6 Å². The number of amides is 1. The molecule has 1 aromatic heterocycles. The third kappa shape index (κ3) is 2.92. The molecule has 0 saturated heterocycles. The Bertz CT molecular complexity index is 672. The first-order chi connectivity index (χ1) is 10.1. The van der Waals surface area contributed by atoms with E-state index in [9.17, 15) is 4.79 Å². The Morgan fingerprint density at radius 1 is 1.27 bits per heavy atom. The molecule has 1 aromatic carbocycles. The number of nitrogens with two attached hydrogens (primary N) is 1. The van der Waals surface area contributed by atoms with Gasteiger partial charge < -0.3 is 11.1 Å². The number of halogens is 1. The largest absolute Gasteiger partial charge is 0.384 e. The van der Waals surface area contributed by atoms with Crippen LogP contribution in [0.25, 0.3) is 0 Å². The van der Waals surface area contributed by atoms with Crippen LogP contribution >= 0.6 is 12.4 Å². The quantitative estimate of drug-likeness (QED) is 0.892. The first kappa shape index (κ1) is 16.3. The van der Waals surface area contributed by atoms with Crippen molar-refractivity contribution < 1.29 is 4.79 Å². The molecule has 1 unspecified atom stereocenters. The minimum absolute atomic E-state index is 0. The summed E-state index contributed by atoms with van der Waals surface area (Å²) in [5.74, 6) is 0.462. The molecule has 0 aliphatic heterocycles. The lowest BCUT2D eigenvalue weighted by Crippen LogP contribution is -2.40. The predicted molar refractivity (Wildman–Crippen MR) is 91.3 cm³/mol. The number of benzene rings is 1. The van der Waals surface area contributed by atoms with E-state index in [0.717, 1.165) is 24.8 Å². The summed E-state index contributed by atoms with van der Waals surface area (Å²) in [5.41, 5.74) is 8.17. The van der Waals surface area contributed by atoms with Crippen LogP contribution in [-0.4, -0.2) is 10.9 Å². The van der Waals surface area contributed by atoms with Crippen LogP contribution in [0.5, 0.6) is 0 Å². The maximum atomic E-state index is 12.8. The van der Waals surface area contributed by atoms with Gasteiger partial charge in [0.1, 0.15) is 5.82 Å². The Morgan fingerprint density at radius 2 is 2.05 bits per heavy atom.